The van der Waals surface area contributed by atoms with Crippen LogP contribution in [0.1, 0.15) is 40.0 Å². The second kappa shape index (κ2) is 10.8. The summed E-state index contributed by atoms with van der Waals surface area (Å²) in [5, 5.41) is 2.46. The SMILES string of the molecule is CCSC1CC(=O)N(CCC(=O)NCCOC(C)(C)CCOC)C1=O. The van der Waals surface area contributed by atoms with Gasteiger partial charge in [0.2, 0.25) is 17.7 Å². The van der Waals surface area contributed by atoms with Gasteiger partial charge in [-0.15, -0.1) is 11.8 Å². The number of rotatable bonds is 12. The molecule has 0 aromatic heterocycles. The van der Waals surface area contributed by atoms with Crippen molar-refractivity contribution in [3.63, 3.8) is 0 Å². The van der Waals surface area contributed by atoms with E-state index in [1.54, 1.807) is 7.11 Å². The van der Waals surface area contributed by atoms with Gasteiger partial charge >= 0.3 is 0 Å². The predicted molar refractivity (Wildman–Crippen MR) is 97.4 cm³/mol. The van der Waals surface area contributed by atoms with E-state index in [0.29, 0.717) is 19.8 Å². The first kappa shape index (κ1) is 21.9. The van der Waals surface area contributed by atoms with Crippen molar-refractivity contribution >= 4 is 29.5 Å². The van der Waals surface area contributed by atoms with Crippen molar-refractivity contribution in [1.29, 1.82) is 0 Å². The summed E-state index contributed by atoms with van der Waals surface area (Å²) >= 11 is 1.48. The zero-order valence-electron chi connectivity index (χ0n) is 15.6. The van der Waals surface area contributed by atoms with Gasteiger partial charge in [0, 0.05) is 39.6 Å². The molecule has 1 heterocycles. The molecular weight excluding hydrogens is 344 g/mol. The third-order valence-corrected chi connectivity index (χ3v) is 5.06. The van der Waals surface area contributed by atoms with E-state index in [2.05, 4.69) is 5.32 Å². The first-order chi connectivity index (χ1) is 11.8. The number of hydrogen-bond donors (Lipinski definition) is 1. The molecule has 1 N–H and O–H groups in total. The molecule has 7 nitrogen and oxygen atoms in total. The van der Waals surface area contributed by atoms with Crippen molar-refractivity contribution in [3.8, 4) is 0 Å². The average Bonchev–Trinajstić information content (AvgIpc) is 2.82. The zero-order valence-corrected chi connectivity index (χ0v) is 16.4. The maximum atomic E-state index is 12.1. The highest BCUT2D eigenvalue weighted by atomic mass is 32.2. The van der Waals surface area contributed by atoms with E-state index in [4.69, 9.17) is 9.47 Å². The maximum Gasteiger partial charge on any atom is 0.242 e. The molecule has 1 aliphatic rings. The monoisotopic (exact) mass is 374 g/mol. The number of nitrogens with zero attached hydrogens (tertiary/aromatic N) is 1. The highest BCUT2D eigenvalue weighted by Crippen LogP contribution is 2.24. The molecule has 0 aliphatic carbocycles. The lowest BCUT2D eigenvalue weighted by atomic mass is 10.1. The van der Waals surface area contributed by atoms with Crippen molar-refractivity contribution in [3.05, 3.63) is 0 Å². The molecule has 8 heteroatoms. The van der Waals surface area contributed by atoms with Gasteiger partial charge in [-0.1, -0.05) is 6.92 Å². The Balaban J connectivity index is 2.23. The van der Waals surface area contributed by atoms with E-state index < -0.39 is 0 Å². The number of likely N-dealkylation sites (tertiary alicyclic amines) is 1. The van der Waals surface area contributed by atoms with Crippen molar-refractivity contribution in [1.82, 2.24) is 10.2 Å². The van der Waals surface area contributed by atoms with Gasteiger partial charge in [0.15, 0.2) is 0 Å². The van der Waals surface area contributed by atoms with Crippen molar-refractivity contribution in [2.45, 2.75) is 50.9 Å². The summed E-state index contributed by atoms with van der Waals surface area (Å²) in [6.07, 6.45) is 1.13. The molecule has 0 bridgehead atoms. The van der Waals surface area contributed by atoms with Gasteiger partial charge < -0.3 is 14.8 Å². The summed E-state index contributed by atoms with van der Waals surface area (Å²) in [5.41, 5.74) is -0.304. The van der Waals surface area contributed by atoms with Crippen LogP contribution in [0.15, 0.2) is 0 Å². The highest BCUT2D eigenvalue weighted by molar-refractivity contribution is 8.00. The topological polar surface area (TPSA) is 84.9 Å². The fourth-order valence-electron chi connectivity index (χ4n) is 2.46. The van der Waals surface area contributed by atoms with Crippen LogP contribution in [0.5, 0.6) is 0 Å². The fourth-order valence-corrected chi connectivity index (χ4v) is 3.39. The molecule has 0 aromatic carbocycles. The maximum absolute atomic E-state index is 12.1. The number of carbonyl (C=O) groups is 3. The molecule has 0 radical (unpaired) electrons. The molecule has 0 aromatic rings. The lowest BCUT2D eigenvalue weighted by Gasteiger charge is -2.25. The average molecular weight is 375 g/mol. The van der Waals surface area contributed by atoms with Gasteiger partial charge in [-0.2, -0.15) is 0 Å². The van der Waals surface area contributed by atoms with Gasteiger partial charge in [0.25, 0.3) is 0 Å². The minimum Gasteiger partial charge on any atom is -0.385 e. The Morgan fingerprint density at radius 2 is 2.08 bits per heavy atom. The first-order valence-corrected chi connectivity index (χ1v) is 9.71. The Labute approximate surface area is 154 Å². The summed E-state index contributed by atoms with van der Waals surface area (Å²) in [5.74, 6) is 0.240. The Kier molecular flexibility index (Phi) is 9.45. The summed E-state index contributed by atoms with van der Waals surface area (Å²) in [4.78, 5) is 37.0. The molecule has 1 aliphatic heterocycles. The molecular formula is C17H30N2O5S. The molecule has 1 fully saturated rings. The molecule has 25 heavy (non-hydrogen) atoms. The number of imide groups is 1. The van der Waals surface area contributed by atoms with Crippen molar-refractivity contribution < 1.29 is 23.9 Å². The molecule has 1 atom stereocenters. The molecule has 1 rings (SSSR count). The Hall–Kier alpha value is -1.12. The van der Waals surface area contributed by atoms with Gasteiger partial charge in [-0.25, -0.2) is 0 Å². The third-order valence-electron chi connectivity index (χ3n) is 3.96. The van der Waals surface area contributed by atoms with E-state index in [1.807, 2.05) is 20.8 Å². The molecule has 0 spiro atoms. The van der Waals surface area contributed by atoms with Gasteiger partial charge in [0.1, 0.15) is 0 Å². The number of carbonyl (C=O) groups excluding carboxylic acids is 3. The fraction of sp³-hybridized carbons (Fsp3) is 0.824. The Bertz CT molecular complexity index is 470. The number of methoxy groups -OCH3 is 1. The van der Waals surface area contributed by atoms with Gasteiger partial charge in [-0.3, -0.25) is 19.3 Å². The quantitative estimate of drug-likeness (QED) is 0.408. The smallest absolute Gasteiger partial charge is 0.242 e. The van der Waals surface area contributed by atoms with E-state index in [-0.39, 0.29) is 48.0 Å². The largest absolute Gasteiger partial charge is 0.385 e. The van der Waals surface area contributed by atoms with Crippen LogP contribution in [-0.2, 0) is 23.9 Å². The van der Waals surface area contributed by atoms with E-state index in [9.17, 15) is 14.4 Å². The lowest BCUT2D eigenvalue weighted by molar-refractivity contribution is -0.138. The number of thioether (sulfide) groups is 1. The van der Waals surface area contributed by atoms with Crippen LogP contribution < -0.4 is 5.32 Å². The van der Waals surface area contributed by atoms with Crippen LogP contribution in [0.3, 0.4) is 0 Å². The molecule has 144 valence electrons. The van der Waals surface area contributed by atoms with Crippen LogP contribution in [0.25, 0.3) is 0 Å². The van der Waals surface area contributed by atoms with Crippen LogP contribution in [0.2, 0.25) is 0 Å². The summed E-state index contributed by atoms with van der Waals surface area (Å²) in [6, 6.07) is 0. The normalized spacial score (nSPS) is 18.1. The summed E-state index contributed by atoms with van der Waals surface area (Å²) < 4.78 is 10.8. The highest BCUT2D eigenvalue weighted by Gasteiger charge is 2.38. The standard InChI is InChI=1S/C17H30N2O5S/c1-5-25-13-12-15(21)19(16(13)22)9-6-14(20)18-8-11-24-17(2,3)7-10-23-4/h13H,5-12H2,1-4H3,(H,18,20). The minimum absolute atomic E-state index is 0.119. The lowest BCUT2D eigenvalue weighted by Crippen LogP contribution is -2.37. The molecule has 0 saturated carbocycles. The van der Waals surface area contributed by atoms with E-state index in [0.717, 1.165) is 12.2 Å². The van der Waals surface area contributed by atoms with E-state index >= 15 is 0 Å². The van der Waals surface area contributed by atoms with E-state index in [1.165, 1.54) is 16.7 Å². The van der Waals surface area contributed by atoms with Crippen LogP contribution in [0, 0.1) is 0 Å². The summed E-state index contributed by atoms with van der Waals surface area (Å²) in [6.45, 7) is 7.47. The summed E-state index contributed by atoms with van der Waals surface area (Å²) in [7, 11) is 1.65. The van der Waals surface area contributed by atoms with Gasteiger partial charge in [0.05, 0.1) is 17.5 Å². The number of amides is 3. The number of hydrogen-bond acceptors (Lipinski definition) is 6. The third kappa shape index (κ3) is 7.75. The predicted octanol–water partition coefficient (Wildman–Crippen LogP) is 1.20. The van der Waals surface area contributed by atoms with Crippen LogP contribution >= 0.6 is 11.8 Å². The molecule has 3 amide bonds. The molecule has 1 unspecified atom stereocenters. The van der Waals surface area contributed by atoms with Crippen molar-refractivity contribution in [2.24, 2.45) is 0 Å². The molecule has 1 saturated heterocycles. The van der Waals surface area contributed by atoms with Gasteiger partial charge in [-0.05, 0) is 26.0 Å². The zero-order chi connectivity index (χ0) is 18.9. The Morgan fingerprint density at radius 3 is 2.72 bits per heavy atom. The number of nitrogens with one attached hydrogen (secondary N) is 1. The minimum atomic E-state index is -0.304. The van der Waals surface area contributed by atoms with Crippen LogP contribution in [-0.4, -0.2) is 72.6 Å². The first-order valence-electron chi connectivity index (χ1n) is 8.66. The van der Waals surface area contributed by atoms with Crippen LogP contribution in [0.4, 0.5) is 0 Å². The van der Waals surface area contributed by atoms with Crippen molar-refractivity contribution in [2.75, 3.05) is 39.2 Å². The second-order valence-corrected chi connectivity index (χ2v) is 7.96. The second-order valence-electron chi connectivity index (χ2n) is 6.48. The number of ether oxygens (including phenoxy) is 2. The Morgan fingerprint density at radius 1 is 1.36 bits per heavy atom.